The SMILES string of the molecule is COC(=O)c1c(-c2ccc(Br)c(F)c2I)nn(-c2ccccc2)c1C(=O)OC. The Bertz CT molecular complexity index is 1070. The van der Waals surface area contributed by atoms with Gasteiger partial charge in [0.15, 0.2) is 11.5 Å². The summed E-state index contributed by atoms with van der Waals surface area (Å²) in [5, 5.41) is 4.45. The monoisotopic (exact) mass is 558 g/mol. The molecule has 0 spiro atoms. The Hall–Kier alpha value is -2.27. The van der Waals surface area contributed by atoms with E-state index in [-0.39, 0.29) is 25.0 Å². The molecule has 1 heterocycles. The standard InChI is InChI=1S/C19H13BrFIN2O4/c1-27-18(25)13-16(11-8-9-12(20)14(21)15(11)22)23-24(17(13)19(26)28-2)10-6-4-3-5-7-10/h3-9H,1-2H3. The van der Waals surface area contributed by atoms with E-state index in [4.69, 9.17) is 9.47 Å². The van der Waals surface area contributed by atoms with Crippen molar-refractivity contribution >= 4 is 50.5 Å². The molecule has 0 saturated heterocycles. The molecule has 6 nitrogen and oxygen atoms in total. The molecule has 0 saturated carbocycles. The fraction of sp³-hybridized carbons (Fsp3) is 0.105. The first-order valence-corrected chi connectivity index (χ1v) is 9.76. The Kier molecular flexibility index (Phi) is 6.14. The van der Waals surface area contributed by atoms with Gasteiger partial charge in [0.1, 0.15) is 11.3 Å². The third-order valence-corrected chi connectivity index (χ3v) is 5.61. The van der Waals surface area contributed by atoms with Crippen LogP contribution in [-0.2, 0) is 9.47 Å². The van der Waals surface area contributed by atoms with Gasteiger partial charge in [-0.25, -0.2) is 18.7 Å². The largest absolute Gasteiger partial charge is 0.465 e. The summed E-state index contributed by atoms with van der Waals surface area (Å²) < 4.78 is 26.0. The fourth-order valence-electron chi connectivity index (χ4n) is 2.65. The van der Waals surface area contributed by atoms with Gasteiger partial charge in [-0.1, -0.05) is 24.3 Å². The first kappa shape index (κ1) is 20.5. The number of nitrogens with zero attached hydrogens (tertiary/aromatic N) is 2. The van der Waals surface area contributed by atoms with E-state index in [1.807, 2.05) is 22.6 Å². The lowest BCUT2D eigenvalue weighted by molar-refractivity contribution is 0.0549. The van der Waals surface area contributed by atoms with Gasteiger partial charge in [-0.15, -0.1) is 0 Å². The highest BCUT2D eigenvalue weighted by atomic mass is 127. The molecule has 0 bridgehead atoms. The van der Waals surface area contributed by atoms with Gasteiger partial charge in [0.2, 0.25) is 0 Å². The van der Waals surface area contributed by atoms with Crippen LogP contribution in [0.3, 0.4) is 0 Å². The van der Waals surface area contributed by atoms with Crippen LogP contribution in [0.2, 0.25) is 0 Å². The Balaban J connectivity index is 2.41. The normalized spacial score (nSPS) is 10.6. The second kappa shape index (κ2) is 8.39. The molecular formula is C19H13BrFIN2O4. The van der Waals surface area contributed by atoms with E-state index in [2.05, 4.69) is 21.0 Å². The van der Waals surface area contributed by atoms with Crippen LogP contribution in [0, 0.1) is 9.39 Å². The number of hydrogen-bond acceptors (Lipinski definition) is 5. The van der Waals surface area contributed by atoms with Crippen molar-refractivity contribution in [2.24, 2.45) is 0 Å². The predicted molar refractivity (Wildman–Crippen MR) is 112 cm³/mol. The zero-order chi connectivity index (χ0) is 20.4. The molecule has 3 aromatic rings. The number of benzene rings is 2. The summed E-state index contributed by atoms with van der Waals surface area (Å²) >= 11 is 4.96. The van der Waals surface area contributed by atoms with Crippen LogP contribution in [0.25, 0.3) is 16.9 Å². The molecule has 0 fully saturated rings. The summed E-state index contributed by atoms with van der Waals surface area (Å²) in [6.45, 7) is 0. The zero-order valence-electron chi connectivity index (χ0n) is 14.7. The molecule has 0 aliphatic carbocycles. The molecular weight excluding hydrogens is 546 g/mol. The maximum absolute atomic E-state index is 14.4. The van der Waals surface area contributed by atoms with Crippen LogP contribution in [-0.4, -0.2) is 35.9 Å². The Labute approximate surface area is 181 Å². The van der Waals surface area contributed by atoms with Crippen LogP contribution in [0.1, 0.15) is 20.8 Å². The summed E-state index contributed by atoms with van der Waals surface area (Å²) in [6.07, 6.45) is 0. The number of ether oxygens (including phenoxy) is 2. The molecule has 0 aliphatic rings. The van der Waals surface area contributed by atoms with Gasteiger partial charge >= 0.3 is 11.9 Å². The van der Waals surface area contributed by atoms with E-state index < -0.39 is 17.8 Å². The molecule has 0 unspecified atom stereocenters. The Morgan fingerprint density at radius 3 is 2.32 bits per heavy atom. The molecule has 0 radical (unpaired) electrons. The quantitative estimate of drug-likeness (QED) is 0.265. The molecule has 0 atom stereocenters. The van der Waals surface area contributed by atoms with Crippen molar-refractivity contribution in [2.45, 2.75) is 0 Å². The maximum Gasteiger partial charge on any atom is 0.357 e. The summed E-state index contributed by atoms with van der Waals surface area (Å²) in [4.78, 5) is 25.1. The van der Waals surface area contributed by atoms with Gasteiger partial charge in [0.25, 0.3) is 0 Å². The Morgan fingerprint density at radius 2 is 1.71 bits per heavy atom. The van der Waals surface area contributed by atoms with Crippen molar-refractivity contribution in [1.82, 2.24) is 9.78 Å². The number of halogens is 3. The average Bonchev–Trinajstić information content (AvgIpc) is 3.12. The van der Waals surface area contributed by atoms with E-state index >= 15 is 0 Å². The Morgan fingerprint density at radius 1 is 1.07 bits per heavy atom. The molecule has 3 rings (SSSR count). The molecule has 28 heavy (non-hydrogen) atoms. The van der Waals surface area contributed by atoms with E-state index in [1.54, 1.807) is 36.4 Å². The topological polar surface area (TPSA) is 70.4 Å². The van der Waals surface area contributed by atoms with Crippen molar-refractivity contribution in [1.29, 1.82) is 0 Å². The van der Waals surface area contributed by atoms with E-state index in [0.29, 0.717) is 11.3 Å². The zero-order valence-corrected chi connectivity index (χ0v) is 18.4. The number of esters is 2. The number of para-hydroxylation sites is 1. The second-order valence-corrected chi connectivity index (χ2v) is 7.46. The second-order valence-electron chi connectivity index (χ2n) is 5.53. The van der Waals surface area contributed by atoms with Crippen LogP contribution >= 0.6 is 38.5 Å². The summed E-state index contributed by atoms with van der Waals surface area (Å²) in [5.74, 6) is -2.05. The third-order valence-electron chi connectivity index (χ3n) is 3.94. The van der Waals surface area contributed by atoms with Gasteiger partial charge in [-0.05, 0) is 56.7 Å². The van der Waals surface area contributed by atoms with Gasteiger partial charge in [0.05, 0.1) is 27.9 Å². The highest BCUT2D eigenvalue weighted by Gasteiger charge is 2.32. The number of hydrogen-bond donors (Lipinski definition) is 0. The van der Waals surface area contributed by atoms with Crippen LogP contribution in [0.5, 0.6) is 0 Å². The van der Waals surface area contributed by atoms with E-state index in [0.717, 1.165) is 0 Å². The van der Waals surface area contributed by atoms with Crippen molar-refractivity contribution in [3.8, 4) is 16.9 Å². The van der Waals surface area contributed by atoms with E-state index in [9.17, 15) is 14.0 Å². The first-order chi connectivity index (χ1) is 13.4. The molecule has 2 aromatic carbocycles. The molecule has 0 N–H and O–H groups in total. The molecule has 0 aliphatic heterocycles. The van der Waals surface area contributed by atoms with Crippen molar-refractivity contribution in [3.63, 3.8) is 0 Å². The van der Waals surface area contributed by atoms with Gasteiger partial charge in [-0.3, -0.25) is 0 Å². The van der Waals surface area contributed by atoms with Crippen LogP contribution in [0.15, 0.2) is 46.9 Å². The van der Waals surface area contributed by atoms with Gasteiger partial charge < -0.3 is 9.47 Å². The lowest BCUT2D eigenvalue weighted by Crippen LogP contribution is -2.15. The lowest BCUT2D eigenvalue weighted by atomic mass is 10.1. The molecule has 0 amide bonds. The number of rotatable bonds is 4. The highest BCUT2D eigenvalue weighted by molar-refractivity contribution is 14.1. The number of carbonyl (C=O) groups excluding carboxylic acids is 2. The van der Waals surface area contributed by atoms with Crippen LogP contribution < -0.4 is 0 Å². The van der Waals surface area contributed by atoms with Gasteiger partial charge in [-0.2, -0.15) is 5.10 Å². The minimum atomic E-state index is -0.781. The molecule has 9 heteroatoms. The third kappa shape index (κ3) is 3.55. The fourth-order valence-corrected chi connectivity index (χ4v) is 4.08. The van der Waals surface area contributed by atoms with Crippen molar-refractivity contribution < 1.29 is 23.5 Å². The number of methoxy groups -OCH3 is 2. The summed E-state index contributed by atoms with van der Waals surface area (Å²) in [7, 11) is 2.40. The first-order valence-electron chi connectivity index (χ1n) is 7.89. The number of aromatic nitrogens is 2. The average molecular weight is 559 g/mol. The van der Waals surface area contributed by atoms with Gasteiger partial charge in [0, 0.05) is 5.56 Å². The smallest absolute Gasteiger partial charge is 0.357 e. The minimum absolute atomic E-state index is 0.0992. The van der Waals surface area contributed by atoms with Crippen molar-refractivity contribution in [3.05, 3.63) is 67.6 Å². The maximum atomic E-state index is 14.4. The highest BCUT2D eigenvalue weighted by Crippen LogP contribution is 2.35. The predicted octanol–water partition coefficient (Wildman–Crippen LogP) is 4.62. The van der Waals surface area contributed by atoms with Crippen LogP contribution in [0.4, 0.5) is 4.39 Å². The minimum Gasteiger partial charge on any atom is -0.465 e. The van der Waals surface area contributed by atoms with E-state index in [1.165, 1.54) is 25.0 Å². The number of carbonyl (C=O) groups is 2. The lowest BCUT2D eigenvalue weighted by Gasteiger charge is -2.07. The molecule has 1 aromatic heterocycles. The summed E-state index contributed by atoms with van der Waals surface area (Å²) in [5.41, 5.74) is 0.799. The van der Waals surface area contributed by atoms with Crippen molar-refractivity contribution in [2.75, 3.05) is 14.2 Å². The molecule has 144 valence electrons. The summed E-state index contributed by atoms with van der Waals surface area (Å²) in [6, 6.07) is 11.9.